The van der Waals surface area contributed by atoms with Crippen LogP contribution in [0, 0.1) is 0 Å². The van der Waals surface area contributed by atoms with Crippen molar-refractivity contribution in [2.75, 3.05) is 31.6 Å². The van der Waals surface area contributed by atoms with Gasteiger partial charge in [0.2, 0.25) is 5.91 Å². The summed E-state index contributed by atoms with van der Waals surface area (Å²) in [6.07, 6.45) is 6.10. The predicted molar refractivity (Wildman–Crippen MR) is 116 cm³/mol. The Kier molecular flexibility index (Phi) is 10.0. The van der Waals surface area contributed by atoms with Crippen molar-refractivity contribution < 1.29 is 14.3 Å². The van der Waals surface area contributed by atoms with Gasteiger partial charge in [-0.05, 0) is 43.9 Å². The lowest BCUT2D eigenvalue weighted by atomic mass is 10.1. The Bertz CT molecular complexity index is 673. The van der Waals surface area contributed by atoms with E-state index >= 15 is 0 Å². The van der Waals surface area contributed by atoms with Gasteiger partial charge in [0.15, 0.2) is 5.96 Å². The summed E-state index contributed by atoms with van der Waals surface area (Å²) in [6, 6.07) is 8.11. The van der Waals surface area contributed by atoms with Crippen LogP contribution in [0.5, 0.6) is 0 Å². The number of carbonyl (C=O) groups is 2. The first-order valence-corrected chi connectivity index (χ1v) is 10.6. The molecule has 0 spiro atoms. The Morgan fingerprint density at radius 1 is 1.14 bits per heavy atom. The zero-order valence-corrected chi connectivity index (χ0v) is 17.7. The molecule has 1 amide bonds. The van der Waals surface area contributed by atoms with Crippen LogP contribution in [0.3, 0.4) is 0 Å². The van der Waals surface area contributed by atoms with Crippen molar-refractivity contribution in [3.8, 4) is 0 Å². The quantitative estimate of drug-likeness (QED) is 0.257. The molecule has 0 saturated carbocycles. The number of carbonyl (C=O) groups excluding carboxylic acids is 2. The molecule has 0 aromatic heterocycles. The number of ether oxygens (including phenoxy) is 1. The van der Waals surface area contributed by atoms with Gasteiger partial charge >= 0.3 is 5.97 Å². The third-order valence-electron chi connectivity index (χ3n) is 4.91. The van der Waals surface area contributed by atoms with Crippen molar-refractivity contribution >= 4 is 23.5 Å². The average molecular weight is 403 g/mol. The second-order valence-electron chi connectivity index (χ2n) is 7.14. The number of aliphatic imine (C=N–C) groups is 1. The van der Waals surface area contributed by atoms with Gasteiger partial charge in [-0.2, -0.15) is 0 Å². The highest BCUT2D eigenvalue weighted by Gasteiger charge is 2.21. The maximum atomic E-state index is 11.8. The van der Waals surface area contributed by atoms with E-state index in [2.05, 4.69) is 15.6 Å². The van der Waals surface area contributed by atoms with E-state index in [1.807, 2.05) is 36.1 Å². The summed E-state index contributed by atoms with van der Waals surface area (Å²) in [4.78, 5) is 29.2. The van der Waals surface area contributed by atoms with E-state index in [1.165, 1.54) is 0 Å². The first kappa shape index (κ1) is 22.7. The number of esters is 1. The number of nitrogens with one attached hydrogen (secondary N) is 2. The second-order valence-corrected chi connectivity index (χ2v) is 7.14. The molecule has 0 aliphatic carbocycles. The van der Waals surface area contributed by atoms with E-state index in [4.69, 9.17) is 4.74 Å². The number of benzene rings is 1. The molecule has 2 rings (SSSR count). The highest BCUT2D eigenvalue weighted by Crippen LogP contribution is 2.21. The molecule has 7 nitrogen and oxygen atoms in total. The number of hydrogen-bond acceptors (Lipinski definition) is 4. The summed E-state index contributed by atoms with van der Waals surface area (Å²) >= 11 is 0. The van der Waals surface area contributed by atoms with Gasteiger partial charge in [-0.1, -0.05) is 25.0 Å². The van der Waals surface area contributed by atoms with Crippen LogP contribution in [0.15, 0.2) is 29.3 Å². The number of guanidine groups is 1. The van der Waals surface area contributed by atoms with Gasteiger partial charge in [0.05, 0.1) is 6.61 Å². The molecule has 1 aliphatic rings. The highest BCUT2D eigenvalue weighted by atomic mass is 16.5. The molecule has 0 unspecified atom stereocenters. The molecule has 2 N–H and O–H groups in total. The van der Waals surface area contributed by atoms with Crippen LogP contribution in [-0.4, -0.2) is 44.6 Å². The molecule has 7 heteroatoms. The number of rotatable bonds is 11. The molecule has 160 valence electrons. The number of nitrogens with zero attached hydrogens (tertiary/aromatic N) is 2. The van der Waals surface area contributed by atoms with Crippen molar-refractivity contribution in [3.63, 3.8) is 0 Å². The molecule has 1 aromatic carbocycles. The molecular formula is C22H34N4O3. The minimum Gasteiger partial charge on any atom is -0.466 e. The zero-order valence-electron chi connectivity index (χ0n) is 17.7. The van der Waals surface area contributed by atoms with Crippen molar-refractivity contribution in [3.05, 3.63) is 29.8 Å². The largest absolute Gasteiger partial charge is 0.466 e. The first-order valence-electron chi connectivity index (χ1n) is 10.6. The monoisotopic (exact) mass is 402 g/mol. The number of amides is 1. The molecule has 29 heavy (non-hydrogen) atoms. The molecule has 1 aliphatic heterocycles. The van der Waals surface area contributed by atoms with Crippen molar-refractivity contribution in [2.45, 2.75) is 58.4 Å². The summed E-state index contributed by atoms with van der Waals surface area (Å²) in [5.41, 5.74) is 2.11. The fourth-order valence-corrected chi connectivity index (χ4v) is 3.31. The van der Waals surface area contributed by atoms with Crippen LogP contribution < -0.4 is 15.5 Å². The van der Waals surface area contributed by atoms with Crippen LogP contribution in [0.2, 0.25) is 0 Å². The summed E-state index contributed by atoms with van der Waals surface area (Å²) in [7, 11) is 1.76. The van der Waals surface area contributed by atoms with E-state index in [9.17, 15) is 9.59 Å². The van der Waals surface area contributed by atoms with Gasteiger partial charge in [-0.3, -0.25) is 14.6 Å². The second kappa shape index (κ2) is 12.8. The van der Waals surface area contributed by atoms with Crippen molar-refractivity contribution in [1.29, 1.82) is 0 Å². The van der Waals surface area contributed by atoms with E-state index in [0.29, 0.717) is 26.0 Å². The molecule has 1 fully saturated rings. The Morgan fingerprint density at radius 3 is 2.55 bits per heavy atom. The third-order valence-corrected chi connectivity index (χ3v) is 4.91. The normalized spacial score (nSPS) is 14.2. The lowest BCUT2D eigenvalue weighted by Crippen LogP contribution is -2.37. The number of unbranched alkanes of at least 4 members (excludes halogenated alkanes) is 3. The van der Waals surface area contributed by atoms with Crippen LogP contribution in [0.25, 0.3) is 0 Å². The molecule has 0 atom stereocenters. The minimum atomic E-state index is -0.102. The van der Waals surface area contributed by atoms with Crippen LogP contribution in [-0.2, 0) is 20.9 Å². The predicted octanol–water partition coefficient (Wildman–Crippen LogP) is 2.99. The molecule has 1 saturated heterocycles. The fourth-order valence-electron chi connectivity index (χ4n) is 3.31. The lowest BCUT2D eigenvalue weighted by molar-refractivity contribution is -0.143. The standard InChI is InChI=1S/C22H34N4O3/c1-3-29-21(28)10-6-4-5-7-15-24-22(23-2)25-17-18-11-13-19(14-12-18)26-16-8-9-20(26)27/h11-14H,3-10,15-17H2,1-2H3,(H2,23,24,25). The first-order chi connectivity index (χ1) is 14.1. The van der Waals surface area contributed by atoms with Crippen molar-refractivity contribution in [2.24, 2.45) is 4.99 Å². The molecule has 1 heterocycles. The average Bonchev–Trinajstić information content (AvgIpc) is 3.16. The third kappa shape index (κ3) is 8.13. The van der Waals surface area contributed by atoms with Crippen molar-refractivity contribution in [1.82, 2.24) is 10.6 Å². The SMILES string of the molecule is CCOC(=O)CCCCCCNC(=NC)NCc1ccc(N2CCCC2=O)cc1. The van der Waals surface area contributed by atoms with Gasteiger partial charge in [-0.25, -0.2) is 0 Å². The fraction of sp³-hybridized carbons (Fsp3) is 0.591. The highest BCUT2D eigenvalue weighted by molar-refractivity contribution is 5.95. The molecule has 0 radical (unpaired) electrons. The maximum Gasteiger partial charge on any atom is 0.305 e. The molecule has 0 bridgehead atoms. The maximum absolute atomic E-state index is 11.8. The minimum absolute atomic E-state index is 0.102. The molecular weight excluding hydrogens is 368 g/mol. The van der Waals surface area contributed by atoms with E-state index < -0.39 is 0 Å². The topological polar surface area (TPSA) is 83.0 Å². The van der Waals surface area contributed by atoms with Gasteiger partial charge in [0.25, 0.3) is 0 Å². The summed E-state index contributed by atoms with van der Waals surface area (Å²) in [5.74, 6) is 0.881. The van der Waals surface area contributed by atoms with E-state index in [0.717, 1.165) is 62.4 Å². The van der Waals surface area contributed by atoms with Gasteiger partial charge in [0, 0.05) is 45.2 Å². The Hall–Kier alpha value is -2.57. The smallest absolute Gasteiger partial charge is 0.305 e. The van der Waals surface area contributed by atoms with Gasteiger partial charge in [-0.15, -0.1) is 0 Å². The molecule has 1 aromatic rings. The van der Waals surface area contributed by atoms with Crippen LogP contribution in [0.1, 0.15) is 57.4 Å². The zero-order chi connectivity index (χ0) is 20.9. The van der Waals surface area contributed by atoms with E-state index in [1.54, 1.807) is 7.05 Å². The lowest BCUT2D eigenvalue weighted by Gasteiger charge is -2.16. The van der Waals surface area contributed by atoms with Gasteiger partial charge in [0.1, 0.15) is 0 Å². The Morgan fingerprint density at radius 2 is 1.90 bits per heavy atom. The van der Waals surface area contributed by atoms with Crippen LogP contribution >= 0.6 is 0 Å². The summed E-state index contributed by atoms with van der Waals surface area (Å²) in [5, 5.41) is 6.63. The van der Waals surface area contributed by atoms with Crippen LogP contribution in [0.4, 0.5) is 5.69 Å². The van der Waals surface area contributed by atoms with E-state index in [-0.39, 0.29) is 11.9 Å². The van der Waals surface area contributed by atoms with Gasteiger partial charge < -0.3 is 20.3 Å². The Labute approximate surface area is 173 Å². The number of anilines is 1. The Balaban J connectivity index is 1.60. The number of hydrogen-bond donors (Lipinski definition) is 2. The summed E-state index contributed by atoms with van der Waals surface area (Å²) in [6.45, 7) is 4.62. The summed E-state index contributed by atoms with van der Waals surface area (Å²) < 4.78 is 4.92.